The zero-order chi connectivity index (χ0) is 19.4. The quantitative estimate of drug-likeness (QED) is 0.208. The van der Waals surface area contributed by atoms with E-state index in [1.165, 1.54) is 36.0 Å². The van der Waals surface area contributed by atoms with Crippen molar-refractivity contribution < 1.29 is 25.9 Å². The van der Waals surface area contributed by atoms with E-state index in [0.717, 1.165) is 11.5 Å². The van der Waals surface area contributed by atoms with Crippen molar-refractivity contribution in [1.82, 2.24) is 0 Å². The van der Waals surface area contributed by atoms with E-state index < -0.39 is 0 Å². The maximum absolute atomic E-state index is 5.24. The largest absolute Gasteiger partial charge is 2.00 e. The number of hydrogen-bond acceptors (Lipinski definition) is 10. The molecule has 2 rings (SSSR count). The van der Waals surface area contributed by atoms with Crippen LogP contribution in [0, 0.1) is 13.8 Å². The van der Waals surface area contributed by atoms with Gasteiger partial charge in [-0.05, 0) is 59.4 Å². The van der Waals surface area contributed by atoms with Gasteiger partial charge in [0.1, 0.15) is 23.0 Å². The molecule has 0 spiro atoms. The van der Waals surface area contributed by atoms with Crippen molar-refractivity contribution in [1.29, 1.82) is 0 Å². The summed E-state index contributed by atoms with van der Waals surface area (Å²) in [5.41, 5.74) is 0. The minimum absolute atomic E-state index is 0. The summed E-state index contributed by atoms with van der Waals surface area (Å²) in [6.45, 7) is 3.75. The van der Waals surface area contributed by atoms with Crippen molar-refractivity contribution in [2.24, 2.45) is 20.4 Å². The number of furan rings is 2. The van der Waals surface area contributed by atoms with Crippen LogP contribution in [0.4, 0.5) is 0 Å². The van der Waals surface area contributed by atoms with Crippen molar-refractivity contribution in [3.8, 4) is 0 Å². The summed E-state index contributed by atoms with van der Waals surface area (Å²) in [5.74, 6) is 3.08. The normalized spacial score (nSPS) is 12.1. The summed E-state index contributed by atoms with van der Waals surface area (Å²) in [4.78, 5) is 0. The smallest absolute Gasteiger partial charge is 0.752 e. The summed E-state index contributed by atoms with van der Waals surface area (Å²) >= 11 is 12.4. The van der Waals surface area contributed by atoms with Crippen LogP contribution in [-0.4, -0.2) is 33.7 Å². The second-order valence-corrected chi connectivity index (χ2v) is 7.41. The zero-order valence-corrected chi connectivity index (χ0v) is 19.2. The molecule has 0 aliphatic rings. The molecule has 0 aromatic carbocycles. The Balaban J connectivity index is 0.000000483. The van der Waals surface area contributed by atoms with Gasteiger partial charge in [0, 0.05) is 0 Å². The molecule has 0 amide bonds. The molecule has 0 unspecified atom stereocenters. The third-order valence-electron chi connectivity index (χ3n) is 2.52. The van der Waals surface area contributed by atoms with Crippen LogP contribution in [0.1, 0.15) is 23.0 Å². The summed E-state index contributed by atoms with van der Waals surface area (Å²) in [6.07, 6.45) is 6.79. The fourth-order valence-electron chi connectivity index (χ4n) is 1.39. The van der Waals surface area contributed by atoms with Crippen molar-refractivity contribution in [3.63, 3.8) is 0 Å². The molecule has 0 bridgehead atoms. The molecule has 0 atom stereocenters. The zero-order valence-electron chi connectivity index (χ0n) is 15.0. The molecule has 0 fully saturated rings. The first-order chi connectivity index (χ1) is 12.4. The predicted molar refractivity (Wildman–Crippen MR) is 119 cm³/mol. The molecule has 0 saturated heterocycles. The molecule has 0 N–H and O–H groups in total. The molecule has 11 heteroatoms. The fraction of sp³-hybridized carbons (Fsp3) is 0.250. The maximum atomic E-state index is 5.24. The van der Waals surface area contributed by atoms with Crippen molar-refractivity contribution in [2.75, 3.05) is 12.5 Å². The molecule has 0 aliphatic carbocycles. The van der Waals surface area contributed by atoms with E-state index in [9.17, 15) is 0 Å². The van der Waals surface area contributed by atoms with Gasteiger partial charge in [0.2, 0.25) is 0 Å². The van der Waals surface area contributed by atoms with Gasteiger partial charge in [-0.25, -0.2) is 0 Å². The first-order valence-corrected chi connectivity index (χ1v) is 10.5. The van der Waals surface area contributed by atoms with E-state index in [1.54, 1.807) is 0 Å². The van der Waals surface area contributed by atoms with E-state index in [0.29, 0.717) is 20.3 Å². The first kappa shape index (κ1) is 25.9. The number of rotatable bonds is 4. The van der Waals surface area contributed by atoms with E-state index in [-0.39, 0.29) is 17.1 Å². The molecule has 2 aromatic heterocycles. The molecule has 2 heterocycles. The molecular weight excluding hydrogens is 472 g/mol. The standard InChI is InChI=1S/2C8H10N2OS2.Cu/c2*1-6-3-4-7(11-6)5-9-10-8(12)13-2;/h2*3-5H,1-2H3,(H,10,12);/q;;+2/p-2/b2*9-5+;. The average Bonchev–Trinajstić information content (AvgIpc) is 3.23. The van der Waals surface area contributed by atoms with E-state index in [2.05, 4.69) is 20.4 Å². The summed E-state index contributed by atoms with van der Waals surface area (Å²) in [5, 5.41) is 15.0. The van der Waals surface area contributed by atoms with Crippen LogP contribution in [0.5, 0.6) is 0 Å². The average molecular weight is 490 g/mol. The Hall–Kier alpha value is -1.10. The fourth-order valence-corrected chi connectivity index (χ4v) is 1.74. The first-order valence-electron chi connectivity index (χ1n) is 7.21. The number of hydrogen-bond donors (Lipinski definition) is 0. The SMILES string of the molecule is CS/C([S-])=N/N=C/c1ccc(C)o1.CS/C([S-])=N/N=C/c1ccc(C)o1.[Cu+2]. The Labute approximate surface area is 189 Å². The Morgan fingerprint density at radius 2 is 1.19 bits per heavy atom. The van der Waals surface area contributed by atoms with Crippen LogP contribution in [0.25, 0.3) is 0 Å². The topological polar surface area (TPSA) is 75.7 Å². The van der Waals surface area contributed by atoms with Crippen molar-refractivity contribution in [2.45, 2.75) is 13.8 Å². The van der Waals surface area contributed by atoms with Crippen LogP contribution in [0.3, 0.4) is 0 Å². The molecule has 27 heavy (non-hydrogen) atoms. The summed E-state index contributed by atoms with van der Waals surface area (Å²) in [7, 11) is 0. The summed E-state index contributed by atoms with van der Waals surface area (Å²) < 4.78 is 11.5. The van der Waals surface area contributed by atoms with Crippen molar-refractivity contribution in [3.05, 3.63) is 47.3 Å². The van der Waals surface area contributed by atoms with Crippen LogP contribution in [-0.2, 0) is 42.3 Å². The molecule has 0 saturated carbocycles. The molecule has 2 aromatic rings. The second-order valence-electron chi connectivity index (χ2n) is 4.53. The number of nitrogens with zero attached hydrogens (tertiary/aromatic N) is 4. The van der Waals surface area contributed by atoms with Gasteiger partial charge in [-0.1, -0.05) is 0 Å². The van der Waals surface area contributed by atoms with Gasteiger partial charge >= 0.3 is 17.1 Å². The Kier molecular flexibility index (Phi) is 14.3. The van der Waals surface area contributed by atoms with Gasteiger partial charge in [-0.2, -0.15) is 20.4 Å². The van der Waals surface area contributed by atoms with Gasteiger partial charge < -0.3 is 34.1 Å². The van der Waals surface area contributed by atoms with E-state index in [1.807, 2.05) is 50.6 Å². The molecule has 0 aliphatic heterocycles. The number of aryl methyl sites for hydroxylation is 2. The van der Waals surface area contributed by atoms with Crippen LogP contribution in [0.2, 0.25) is 0 Å². The van der Waals surface area contributed by atoms with Gasteiger partial charge in [0.05, 0.1) is 12.4 Å². The predicted octanol–water partition coefficient (Wildman–Crippen LogP) is 4.37. The molecule has 6 nitrogen and oxygen atoms in total. The van der Waals surface area contributed by atoms with Gasteiger partial charge in [-0.15, -0.1) is 23.5 Å². The van der Waals surface area contributed by atoms with Crippen LogP contribution in [0.15, 0.2) is 53.5 Å². The Morgan fingerprint density at radius 1 is 0.815 bits per heavy atom. The monoisotopic (exact) mass is 489 g/mol. The molecule has 1 radical (unpaired) electrons. The van der Waals surface area contributed by atoms with Gasteiger partial charge in [-0.3, -0.25) is 0 Å². The van der Waals surface area contributed by atoms with E-state index >= 15 is 0 Å². The third-order valence-corrected chi connectivity index (χ3v) is 4.55. The third kappa shape index (κ3) is 12.1. The Morgan fingerprint density at radius 3 is 1.44 bits per heavy atom. The second kappa shape index (κ2) is 14.9. The molecule has 149 valence electrons. The van der Waals surface area contributed by atoms with Crippen LogP contribution >= 0.6 is 23.5 Å². The maximum Gasteiger partial charge on any atom is 2.00 e. The van der Waals surface area contributed by atoms with Gasteiger partial charge in [0.15, 0.2) is 0 Å². The van der Waals surface area contributed by atoms with E-state index in [4.69, 9.17) is 34.1 Å². The summed E-state index contributed by atoms with van der Waals surface area (Å²) in [6, 6.07) is 7.40. The molecular formula is C16H18CuN4O2S4. The minimum Gasteiger partial charge on any atom is -0.752 e. The van der Waals surface area contributed by atoms with Crippen LogP contribution < -0.4 is 0 Å². The minimum atomic E-state index is 0. The van der Waals surface area contributed by atoms with Crippen molar-refractivity contribution >= 4 is 70.0 Å². The Bertz CT molecular complexity index is 734. The number of thioether (sulfide) groups is 2. The van der Waals surface area contributed by atoms with Gasteiger partial charge in [0.25, 0.3) is 0 Å².